The Morgan fingerprint density at radius 2 is 1.93 bits per heavy atom. The van der Waals surface area contributed by atoms with Gasteiger partial charge in [-0.15, -0.1) is 0 Å². The first-order chi connectivity index (χ1) is 14.4. The summed E-state index contributed by atoms with van der Waals surface area (Å²) in [5.74, 6) is 1.39. The third-order valence-electron chi connectivity index (χ3n) is 5.39. The molecule has 0 radical (unpaired) electrons. The van der Waals surface area contributed by atoms with Crippen LogP contribution in [0.3, 0.4) is 0 Å². The van der Waals surface area contributed by atoms with E-state index in [-0.39, 0.29) is 22.8 Å². The Labute approximate surface area is 178 Å². The highest BCUT2D eigenvalue weighted by Gasteiger charge is 2.32. The minimum absolute atomic E-state index is 0.0000557. The van der Waals surface area contributed by atoms with Crippen LogP contribution in [-0.2, 0) is 21.2 Å². The van der Waals surface area contributed by atoms with E-state index in [0.717, 1.165) is 18.6 Å². The highest BCUT2D eigenvalue weighted by Crippen LogP contribution is 2.25. The first-order valence-electron chi connectivity index (χ1n) is 10.5. The molecule has 1 N–H and O–H groups in total. The van der Waals surface area contributed by atoms with E-state index in [1.54, 1.807) is 30.5 Å². The average Bonchev–Trinajstić information content (AvgIpc) is 3.27. The van der Waals surface area contributed by atoms with Gasteiger partial charge in [-0.2, -0.15) is 4.31 Å². The molecule has 1 saturated heterocycles. The number of carbonyl (C=O) groups excluding carboxylic acids is 1. The van der Waals surface area contributed by atoms with E-state index in [1.165, 1.54) is 4.31 Å². The number of aryl methyl sites for hydroxylation is 1. The summed E-state index contributed by atoms with van der Waals surface area (Å²) in [5, 5.41) is 3.05. The van der Waals surface area contributed by atoms with Crippen LogP contribution in [0.5, 0.6) is 5.75 Å². The van der Waals surface area contributed by atoms with E-state index >= 15 is 0 Å². The number of benzene rings is 1. The second-order valence-electron chi connectivity index (χ2n) is 7.61. The number of amides is 1. The average molecular weight is 435 g/mol. The standard InChI is InChI=1S/C22H30N2O5S/c1-3-28-20-8-10-21(11-9-20)30(26,27)24-14-12-18(13-15-24)22(25)23-17(2)6-7-19-5-4-16-29-19/h4-5,8-11,16-18H,3,6-7,12-15H2,1-2H3,(H,23,25). The third-order valence-corrected chi connectivity index (χ3v) is 7.30. The van der Waals surface area contributed by atoms with Crippen molar-refractivity contribution in [2.75, 3.05) is 19.7 Å². The SMILES string of the molecule is CCOc1ccc(S(=O)(=O)N2CCC(C(=O)NC(C)CCc3ccco3)CC2)cc1. The third kappa shape index (κ3) is 5.64. The van der Waals surface area contributed by atoms with E-state index in [4.69, 9.17) is 9.15 Å². The molecule has 0 aliphatic carbocycles. The highest BCUT2D eigenvalue weighted by atomic mass is 32.2. The van der Waals surface area contributed by atoms with Gasteiger partial charge in [0.05, 0.1) is 17.8 Å². The van der Waals surface area contributed by atoms with Gasteiger partial charge in [0.25, 0.3) is 0 Å². The van der Waals surface area contributed by atoms with Gasteiger partial charge < -0.3 is 14.5 Å². The van der Waals surface area contributed by atoms with E-state index in [9.17, 15) is 13.2 Å². The topological polar surface area (TPSA) is 88.9 Å². The summed E-state index contributed by atoms with van der Waals surface area (Å²) in [6, 6.07) is 10.3. The molecular formula is C22H30N2O5S. The molecule has 1 fully saturated rings. The number of carbonyl (C=O) groups is 1. The largest absolute Gasteiger partial charge is 0.494 e. The molecule has 1 aliphatic rings. The molecule has 1 atom stereocenters. The Bertz CT molecular complexity index is 902. The van der Waals surface area contributed by atoms with Crippen molar-refractivity contribution in [3.63, 3.8) is 0 Å². The molecule has 2 aromatic rings. The van der Waals surface area contributed by atoms with Crippen LogP contribution in [0.1, 0.15) is 38.9 Å². The van der Waals surface area contributed by atoms with Crippen LogP contribution in [0.2, 0.25) is 0 Å². The van der Waals surface area contributed by atoms with Gasteiger partial charge >= 0.3 is 0 Å². The zero-order valence-corrected chi connectivity index (χ0v) is 18.4. The fourth-order valence-electron chi connectivity index (χ4n) is 3.63. The summed E-state index contributed by atoms with van der Waals surface area (Å²) in [6.45, 7) is 5.07. The van der Waals surface area contributed by atoms with Gasteiger partial charge in [0.1, 0.15) is 11.5 Å². The van der Waals surface area contributed by atoms with Gasteiger partial charge in [0.15, 0.2) is 0 Å². The molecule has 7 nitrogen and oxygen atoms in total. The first kappa shape index (κ1) is 22.4. The molecule has 2 heterocycles. The predicted molar refractivity (Wildman–Crippen MR) is 114 cm³/mol. The van der Waals surface area contributed by atoms with Gasteiger partial charge in [-0.3, -0.25) is 4.79 Å². The number of hydrogen-bond acceptors (Lipinski definition) is 5. The number of ether oxygens (including phenoxy) is 1. The van der Waals surface area contributed by atoms with Crippen LogP contribution in [0, 0.1) is 5.92 Å². The number of hydrogen-bond donors (Lipinski definition) is 1. The Kier molecular flexibility index (Phi) is 7.55. The summed E-state index contributed by atoms with van der Waals surface area (Å²) in [4.78, 5) is 12.8. The zero-order valence-electron chi connectivity index (χ0n) is 17.5. The fourth-order valence-corrected chi connectivity index (χ4v) is 5.10. The zero-order chi connectivity index (χ0) is 21.6. The maximum Gasteiger partial charge on any atom is 0.243 e. The summed E-state index contributed by atoms with van der Waals surface area (Å²) in [5.41, 5.74) is 0. The Balaban J connectivity index is 1.48. The van der Waals surface area contributed by atoms with Crippen LogP contribution in [0.4, 0.5) is 0 Å². The fraction of sp³-hybridized carbons (Fsp3) is 0.500. The molecule has 1 aromatic heterocycles. The molecule has 164 valence electrons. The molecule has 30 heavy (non-hydrogen) atoms. The van der Waals surface area contributed by atoms with E-state index < -0.39 is 10.0 Å². The Morgan fingerprint density at radius 1 is 1.23 bits per heavy atom. The normalized spacial score (nSPS) is 16.9. The number of furan rings is 1. The van der Waals surface area contributed by atoms with Crippen LogP contribution >= 0.6 is 0 Å². The van der Waals surface area contributed by atoms with E-state index in [2.05, 4.69) is 5.32 Å². The van der Waals surface area contributed by atoms with Crippen molar-refractivity contribution in [3.05, 3.63) is 48.4 Å². The lowest BCUT2D eigenvalue weighted by Gasteiger charge is -2.31. The van der Waals surface area contributed by atoms with Crippen molar-refractivity contribution in [2.45, 2.75) is 50.5 Å². The van der Waals surface area contributed by atoms with Gasteiger partial charge in [0.2, 0.25) is 15.9 Å². The van der Waals surface area contributed by atoms with Crippen molar-refractivity contribution < 1.29 is 22.4 Å². The molecule has 0 bridgehead atoms. The molecule has 8 heteroatoms. The molecule has 1 unspecified atom stereocenters. The maximum atomic E-state index is 12.9. The Hall–Kier alpha value is -2.32. The quantitative estimate of drug-likeness (QED) is 0.655. The van der Waals surface area contributed by atoms with Crippen molar-refractivity contribution in [3.8, 4) is 5.75 Å². The van der Waals surface area contributed by atoms with Crippen LogP contribution < -0.4 is 10.1 Å². The van der Waals surface area contributed by atoms with Gasteiger partial charge in [-0.25, -0.2) is 8.42 Å². The summed E-state index contributed by atoms with van der Waals surface area (Å²) in [6.07, 6.45) is 4.26. The molecule has 0 spiro atoms. The molecule has 3 rings (SSSR count). The number of piperidine rings is 1. The predicted octanol–water partition coefficient (Wildman–Crippen LogP) is 3.22. The molecule has 1 amide bonds. The first-order valence-corrected chi connectivity index (χ1v) is 11.9. The monoisotopic (exact) mass is 434 g/mol. The number of sulfonamides is 1. The molecule has 0 saturated carbocycles. The van der Waals surface area contributed by atoms with Crippen molar-refractivity contribution in [2.24, 2.45) is 5.92 Å². The van der Waals surface area contributed by atoms with Gasteiger partial charge in [-0.05, 0) is 69.5 Å². The highest BCUT2D eigenvalue weighted by molar-refractivity contribution is 7.89. The number of nitrogens with one attached hydrogen (secondary N) is 1. The minimum atomic E-state index is -3.56. The second kappa shape index (κ2) is 10.1. The summed E-state index contributed by atoms with van der Waals surface area (Å²) >= 11 is 0. The van der Waals surface area contributed by atoms with E-state index in [1.807, 2.05) is 26.0 Å². The smallest absolute Gasteiger partial charge is 0.243 e. The Morgan fingerprint density at radius 3 is 2.53 bits per heavy atom. The molecule has 1 aromatic carbocycles. The van der Waals surface area contributed by atoms with E-state index in [0.29, 0.717) is 38.3 Å². The minimum Gasteiger partial charge on any atom is -0.494 e. The molecular weight excluding hydrogens is 404 g/mol. The summed E-state index contributed by atoms with van der Waals surface area (Å²) < 4.78 is 37.9. The number of rotatable bonds is 9. The van der Waals surface area contributed by atoms with Crippen LogP contribution in [0.15, 0.2) is 52.0 Å². The van der Waals surface area contributed by atoms with Gasteiger partial charge in [0, 0.05) is 31.5 Å². The maximum absolute atomic E-state index is 12.9. The summed E-state index contributed by atoms with van der Waals surface area (Å²) in [7, 11) is -3.56. The van der Waals surface area contributed by atoms with Crippen molar-refractivity contribution >= 4 is 15.9 Å². The molecule has 1 aliphatic heterocycles. The lowest BCUT2D eigenvalue weighted by molar-refractivity contribution is -0.126. The van der Waals surface area contributed by atoms with Gasteiger partial charge in [-0.1, -0.05) is 0 Å². The van der Waals surface area contributed by atoms with Crippen molar-refractivity contribution in [1.82, 2.24) is 9.62 Å². The lowest BCUT2D eigenvalue weighted by atomic mass is 9.96. The second-order valence-corrected chi connectivity index (χ2v) is 9.55. The van der Waals surface area contributed by atoms with Crippen LogP contribution in [-0.4, -0.2) is 44.4 Å². The van der Waals surface area contributed by atoms with Crippen LogP contribution in [0.25, 0.3) is 0 Å². The lowest BCUT2D eigenvalue weighted by Crippen LogP contribution is -2.44. The van der Waals surface area contributed by atoms with Crippen molar-refractivity contribution in [1.29, 1.82) is 0 Å². The number of nitrogens with zero attached hydrogens (tertiary/aromatic N) is 1.